The lowest BCUT2D eigenvalue weighted by atomic mass is 9.92. The second kappa shape index (κ2) is 7.84. The Morgan fingerprint density at radius 2 is 1.83 bits per heavy atom. The minimum atomic E-state index is 0.428. The first kappa shape index (κ1) is 17.7. The Morgan fingerprint density at radius 3 is 2.50 bits per heavy atom. The Morgan fingerprint density at radius 1 is 1.12 bits per heavy atom. The third-order valence-corrected chi connectivity index (χ3v) is 5.25. The van der Waals surface area contributed by atoms with E-state index in [0.29, 0.717) is 5.41 Å². The van der Waals surface area contributed by atoms with E-state index in [0.717, 1.165) is 17.9 Å². The average Bonchev–Trinajstić information content (AvgIpc) is 3.30. The quantitative estimate of drug-likeness (QED) is 0.831. The van der Waals surface area contributed by atoms with Crippen LogP contribution in [0.15, 0.2) is 36.4 Å². The molecule has 0 bridgehead atoms. The number of hydrogen-bond donors (Lipinski definition) is 1. The van der Waals surface area contributed by atoms with Crippen LogP contribution in [0.4, 0.5) is 0 Å². The fourth-order valence-corrected chi connectivity index (χ4v) is 3.80. The molecule has 24 heavy (non-hydrogen) atoms. The van der Waals surface area contributed by atoms with Crippen LogP contribution >= 0.6 is 0 Å². The molecule has 1 aliphatic carbocycles. The van der Waals surface area contributed by atoms with Crippen LogP contribution in [0.5, 0.6) is 0 Å². The maximum atomic E-state index is 3.81. The first-order valence-electron chi connectivity index (χ1n) is 9.69. The zero-order valence-corrected chi connectivity index (χ0v) is 15.7. The molecule has 0 radical (unpaired) electrons. The van der Waals surface area contributed by atoms with Gasteiger partial charge in [0.2, 0.25) is 0 Å². The molecule has 2 unspecified atom stereocenters. The number of nitrogens with one attached hydrogen (secondary N) is 1. The second-order valence-corrected chi connectivity index (χ2v) is 8.96. The molecule has 1 saturated carbocycles. The fourth-order valence-electron chi connectivity index (χ4n) is 3.80. The third-order valence-electron chi connectivity index (χ3n) is 5.25. The van der Waals surface area contributed by atoms with Gasteiger partial charge in [0.05, 0.1) is 0 Å². The number of piperidine rings is 1. The van der Waals surface area contributed by atoms with Gasteiger partial charge in [-0.05, 0) is 61.7 Å². The zero-order chi connectivity index (χ0) is 17.0. The maximum Gasteiger partial charge on any atom is 0.0137 e. The van der Waals surface area contributed by atoms with Crippen LogP contribution in [0, 0.1) is 17.3 Å². The van der Waals surface area contributed by atoms with Crippen LogP contribution in [-0.4, -0.2) is 37.1 Å². The number of hydrogen-bond acceptors (Lipinski definition) is 2. The molecule has 0 amide bonds. The smallest absolute Gasteiger partial charge is 0.0137 e. The minimum absolute atomic E-state index is 0.428. The van der Waals surface area contributed by atoms with Crippen LogP contribution in [0.25, 0.3) is 6.08 Å². The molecular weight excluding hydrogens is 292 g/mol. The van der Waals surface area contributed by atoms with E-state index in [-0.39, 0.29) is 0 Å². The van der Waals surface area contributed by atoms with Gasteiger partial charge in [-0.1, -0.05) is 63.3 Å². The van der Waals surface area contributed by atoms with Crippen molar-refractivity contribution in [2.45, 2.75) is 46.1 Å². The highest BCUT2D eigenvalue weighted by molar-refractivity contribution is 5.49. The summed E-state index contributed by atoms with van der Waals surface area (Å²) in [5.74, 6) is 1.62. The molecule has 0 aromatic heterocycles. The summed E-state index contributed by atoms with van der Waals surface area (Å²) in [4.78, 5) is 2.65. The number of benzene rings is 1. The van der Waals surface area contributed by atoms with E-state index in [2.05, 4.69) is 73.5 Å². The monoisotopic (exact) mass is 326 g/mol. The Kier molecular flexibility index (Phi) is 5.78. The predicted octanol–water partition coefficient (Wildman–Crippen LogP) is 4.44. The Balaban J connectivity index is 1.32. The lowest BCUT2D eigenvalue weighted by Gasteiger charge is -2.36. The van der Waals surface area contributed by atoms with Gasteiger partial charge in [0.25, 0.3) is 0 Å². The first-order chi connectivity index (χ1) is 11.5. The van der Waals surface area contributed by atoms with Gasteiger partial charge in [0, 0.05) is 12.6 Å². The topological polar surface area (TPSA) is 15.3 Å². The molecule has 2 heteroatoms. The Labute approximate surface area is 148 Å². The van der Waals surface area contributed by atoms with Crippen molar-refractivity contribution >= 4 is 6.08 Å². The summed E-state index contributed by atoms with van der Waals surface area (Å²) >= 11 is 0. The zero-order valence-electron chi connectivity index (χ0n) is 15.7. The molecule has 1 heterocycles. The van der Waals surface area contributed by atoms with Gasteiger partial charge in [0.1, 0.15) is 0 Å². The van der Waals surface area contributed by atoms with Crippen molar-refractivity contribution < 1.29 is 0 Å². The minimum Gasteiger partial charge on any atom is -0.313 e. The number of rotatable bonds is 6. The largest absolute Gasteiger partial charge is 0.313 e. The van der Waals surface area contributed by atoms with Crippen molar-refractivity contribution in [1.29, 1.82) is 0 Å². The summed E-state index contributed by atoms with van der Waals surface area (Å²) in [7, 11) is 0. The fraction of sp³-hybridized carbons (Fsp3) is 0.636. The van der Waals surface area contributed by atoms with Gasteiger partial charge in [-0.3, -0.25) is 0 Å². The SMILES string of the molecule is CC(C)(C)CN1CCC(CNC2CC2/C=C/c2ccccc2)CC1. The van der Waals surface area contributed by atoms with E-state index in [1.807, 2.05) is 0 Å². The van der Waals surface area contributed by atoms with E-state index in [9.17, 15) is 0 Å². The van der Waals surface area contributed by atoms with E-state index in [1.165, 1.54) is 51.0 Å². The standard InChI is InChI=1S/C22H34N2/c1-22(2,3)17-24-13-11-19(12-14-24)16-23-21-15-20(21)10-9-18-7-5-4-6-8-18/h4-10,19-21,23H,11-17H2,1-3H3/b10-9+. The van der Waals surface area contributed by atoms with Gasteiger partial charge in [-0.2, -0.15) is 0 Å². The molecular formula is C22H34N2. The van der Waals surface area contributed by atoms with E-state index in [1.54, 1.807) is 0 Å². The van der Waals surface area contributed by atoms with E-state index in [4.69, 9.17) is 0 Å². The van der Waals surface area contributed by atoms with Crippen molar-refractivity contribution in [2.24, 2.45) is 17.3 Å². The molecule has 1 aliphatic heterocycles. The molecule has 3 rings (SSSR count). The molecule has 132 valence electrons. The lowest BCUT2D eigenvalue weighted by molar-refractivity contribution is 0.135. The van der Waals surface area contributed by atoms with Gasteiger partial charge in [-0.15, -0.1) is 0 Å². The summed E-state index contributed by atoms with van der Waals surface area (Å²) in [5, 5.41) is 3.81. The highest BCUT2D eigenvalue weighted by atomic mass is 15.1. The van der Waals surface area contributed by atoms with Gasteiger partial charge >= 0.3 is 0 Å². The van der Waals surface area contributed by atoms with Crippen LogP contribution in [0.2, 0.25) is 0 Å². The molecule has 1 saturated heterocycles. The molecule has 2 aliphatic rings. The van der Waals surface area contributed by atoms with E-state index >= 15 is 0 Å². The highest BCUT2D eigenvalue weighted by Crippen LogP contribution is 2.33. The predicted molar refractivity (Wildman–Crippen MR) is 104 cm³/mol. The summed E-state index contributed by atoms with van der Waals surface area (Å²) in [6, 6.07) is 11.4. The van der Waals surface area contributed by atoms with Crippen molar-refractivity contribution in [2.75, 3.05) is 26.2 Å². The molecule has 1 aromatic carbocycles. The van der Waals surface area contributed by atoms with Crippen molar-refractivity contribution in [3.63, 3.8) is 0 Å². The normalized spacial score (nSPS) is 26.1. The Bertz CT molecular complexity index is 521. The summed E-state index contributed by atoms with van der Waals surface area (Å²) < 4.78 is 0. The molecule has 0 spiro atoms. The lowest BCUT2D eigenvalue weighted by Crippen LogP contribution is -2.41. The molecule has 1 N–H and O–H groups in total. The summed E-state index contributed by atoms with van der Waals surface area (Å²) in [6.45, 7) is 12.0. The summed E-state index contributed by atoms with van der Waals surface area (Å²) in [6.07, 6.45) is 8.70. The van der Waals surface area contributed by atoms with Crippen molar-refractivity contribution in [3.05, 3.63) is 42.0 Å². The Hall–Kier alpha value is -1.12. The van der Waals surface area contributed by atoms with Crippen LogP contribution in [-0.2, 0) is 0 Å². The van der Waals surface area contributed by atoms with Crippen LogP contribution in [0.3, 0.4) is 0 Å². The second-order valence-electron chi connectivity index (χ2n) is 8.96. The van der Waals surface area contributed by atoms with Crippen LogP contribution in [0.1, 0.15) is 45.6 Å². The van der Waals surface area contributed by atoms with Crippen molar-refractivity contribution in [1.82, 2.24) is 10.2 Å². The van der Waals surface area contributed by atoms with Gasteiger partial charge in [0.15, 0.2) is 0 Å². The molecule has 2 fully saturated rings. The average molecular weight is 327 g/mol. The molecule has 2 nitrogen and oxygen atoms in total. The highest BCUT2D eigenvalue weighted by Gasteiger charge is 2.35. The van der Waals surface area contributed by atoms with Crippen LogP contribution < -0.4 is 5.32 Å². The maximum absolute atomic E-state index is 3.81. The van der Waals surface area contributed by atoms with Gasteiger partial charge in [-0.25, -0.2) is 0 Å². The molecule has 2 atom stereocenters. The number of likely N-dealkylation sites (tertiary alicyclic amines) is 1. The number of nitrogens with zero attached hydrogens (tertiary/aromatic N) is 1. The summed E-state index contributed by atoms with van der Waals surface area (Å²) in [5.41, 5.74) is 1.74. The molecule has 1 aromatic rings. The van der Waals surface area contributed by atoms with Crippen molar-refractivity contribution in [3.8, 4) is 0 Å². The third kappa shape index (κ3) is 5.75. The first-order valence-corrected chi connectivity index (χ1v) is 9.69. The van der Waals surface area contributed by atoms with Gasteiger partial charge < -0.3 is 10.2 Å². The van der Waals surface area contributed by atoms with E-state index < -0.39 is 0 Å².